The van der Waals surface area contributed by atoms with Crippen LogP contribution in [0.15, 0.2) is 102 Å². The van der Waals surface area contributed by atoms with Gasteiger partial charge in [-0.3, -0.25) is 0 Å². The summed E-state index contributed by atoms with van der Waals surface area (Å²) < 4.78 is 27.4. The summed E-state index contributed by atoms with van der Waals surface area (Å²) in [6.45, 7) is 0. The van der Waals surface area contributed by atoms with E-state index in [4.69, 9.17) is 16.2 Å². The number of halogens is 2. The highest BCUT2D eigenvalue weighted by molar-refractivity contribution is 5.97. The average Bonchev–Trinajstić information content (AvgIpc) is 2.84. The van der Waals surface area contributed by atoms with Crippen molar-refractivity contribution in [2.45, 2.75) is 0 Å². The average molecular weight is 427 g/mol. The largest absolute Gasteiger partial charge is 0.409 e. The van der Waals surface area contributed by atoms with Crippen LogP contribution >= 0.6 is 0 Å². The maximum atomic E-state index is 13.8. The first-order chi connectivity index (χ1) is 15.5. The number of nitrogens with zero attached hydrogens (tertiary/aromatic N) is 2. The maximum absolute atomic E-state index is 13.8. The fourth-order valence-corrected chi connectivity index (χ4v) is 3.02. The van der Waals surface area contributed by atoms with Gasteiger partial charge in [-0.1, -0.05) is 84.0 Å². The topological polar surface area (TPSA) is 82.4 Å². The minimum absolute atomic E-state index is 0.108. The number of hydrogen-bond donors (Lipinski definition) is 2. The SMILES string of the molecule is N#Cc1ccc(-c2ccccc2)c(F)c1.N/C(=N/O)c1ccc(-c2ccccc2)c(F)c1. The summed E-state index contributed by atoms with van der Waals surface area (Å²) in [5, 5.41) is 19.9. The van der Waals surface area contributed by atoms with E-state index in [1.807, 2.05) is 66.7 Å². The molecule has 0 aromatic heterocycles. The van der Waals surface area contributed by atoms with Crippen molar-refractivity contribution in [3.63, 3.8) is 0 Å². The Hall–Kier alpha value is -4.50. The zero-order chi connectivity index (χ0) is 22.9. The van der Waals surface area contributed by atoms with Gasteiger partial charge in [-0.15, -0.1) is 0 Å². The second-order valence-corrected chi connectivity index (χ2v) is 6.72. The lowest BCUT2D eigenvalue weighted by Gasteiger charge is -2.05. The van der Waals surface area contributed by atoms with Gasteiger partial charge in [-0.25, -0.2) is 8.78 Å². The van der Waals surface area contributed by atoms with Gasteiger partial charge < -0.3 is 10.9 Å². The molecular formula is C26H19F2N3O. The number of benzene rings is 4. The monoisotopic (exact) mass is 427 g/mol. The molecule has 0 saturated heterocycles. The van der Waals surface area contributed by atoms with Gasteiger partial charge in [0.25, 0.3) is 0 Å². The van der Waals surface area contributed by atoms with Crippen molar-refractivity contribution in [3.05, 3.63) is 120 Å². The van der Waals surface area contributed by atoms with Crippen LogP contribution in [0.4, 0.5) is 8.78 Å². The van der Waals surface area contributed by atoms with Crippen LogP contribution in [0, 0.1) is 23.0 Å². The van der Waals surface area contributed by atoms with Crippen LogP contribution in [0.3, 0.4) is 0 Å². The van der Waals surface area contributed by atoms with Gasteiger partial charge in [0.15, 0.2) is 5.84 Å². The molecule has 0 radical (unpaired) electrons. The Morgan fingerprint density at radius 3 is 1.69 bits per heavy atom. The van der Waals surface area contributed by atoms with E-state index in [-0.39, 0.29) is 11.7 Å². The van der Waals surface area contributed by atoms with Gasteiger partial charge in [0.2, 0.25) is 0 Å². The van der Waals surface area contributed by atoms with Crippen molar-refractivity contribution in [1.82, 2.24) is 0 Å². The second-order valence-electron chi connectivity index (χ2n) is 6.72. The van der Waals surface area contributed by atoms with Gasteiger partial charge >= 0.3 is 0 Å². The van der Waals surface area contributed by atoms with Crippen LogP contribution in [0.25, 0.3) is 22.3 Å². The summed E-state index contributed by atoms with van der Waals surface area (Å²) in [7, 11) is 0. The van der Waals surface area contributed by atoms with Crippen LogP contribution in [-0.4, -0.2) is 11.0 Å². The standard InChI is InChI=1S/C13H11FN2O.C13H8FN/c14-12-8-10(13(15)16-17)6-7-11(12)9-4-2-1-3-5-9;14-13-8-10(9-15)6-7-12(13)11-4-2-1-3-5-11/h1-8,17H,(H2,15,16);1-8H. The Balaban J connectivity index is 0.000000182. The van der Waals surface area contributed by atoms with E-state index in [1.54, 1.807) is 24.3 Å². The van der Waals surface area contributed by atoms with Crippen molar-refractivity contribution in [3.8, 4) is 28.3 Å². The zero-order valence-corrected chi connectivity index (χ0v) is 16.9. The molecule has 0 amide bonds. The summed E-state index contributed by atoms with van der Waals surface area (Å²) >= 11 is 0. The molecule has 0 aliphatic rings. The van der Waals surface area contributed by atoms with Crippen molar-refractivity contribution >= 4 is 5.84 Å². The molecule has 4 rings (SSSR count). The molecule has 3 N–H and O–H groups in total. The van der Waals surface area contributed by atoms with Crippen LogP contribution < -0.4 is 5.73 Å². The first kappa shape index (κ1) is 22.2. The molecule has 0 spiro atoms. The number of oxime groups is 1. The summed E-state index contributed by atoms with van der Waals surface area (Å²) in [5.41, 5.74) is 8.69. The molecule has 6 heteroatoms. The van der Waals surface area contributed by atoms with Crippen molar-refractivity contribution < 1.29 is 14.0 Å². The van der Waals surface area contributed by atoms with Gasteiger partial charge in [-0.05, 0) is 29.3 Å². The number of nitriles is 1. The third-order valence-electron chi connectivity index (χ3n) is 4.64. The number of nitrogens with two attached hydrogens (primary N) is 1. The van der Waals surface area contributed by atoms with Crippen LogP contribution in [-0.2, 0) is 0 Å². The predicted octanol–water partition coefficient (Wildman–Crippen LogP) is 5.95. The quantitative estimate of drug-likeness (QED) is 0.183. The fourth-order valence-electron chi connectivity index (χ4n) is 3.02. The summed E-state index contributed by atoms with van der Waals surface area (Å²) in [6, 6.07) is 29.3. The Morgan fingerprint density at radius 1 is 0.750 bits per heavy atom. The van der Waals surface area contributed by atoms with E-state index in [0.717, 1.165) is 11.1 Å². The first-order valence-corrected chi connectivity index (χ1v) is 9.61. The Morgan fingerprint density at radius 2 is 1.25 bits per heavy atom. The van der Waals surface area contributed by atoms with E-state index in [0.29, 0.717) is 22.3 Å². The molecule has 158 valence electrons. The summed E-state index contributed by atoms with van der Waals surface area (Å²) in [6.07, 6.45) is 0. The highest BCUT2D eigenvalue weighted by Gasteiger charge is 2.08. The minimum atomic E-state index is -0.402. The third kappa shape index (κ3) is 5.35. The van der Waals surface area contributed by atoms with E-state index in [1.165, 1.54) is 12.1 Å². The molecule has 0 heterocycles. The molecule has 0 fully saturated rings. The molecule has 4 nitrogen and oxygen atoms in total. The van der Waals surface area contributed by atoms with Gasteiger partial charge in [0.05, 0.1) is 11.6 Å². The van der Waals surface area contributed by atoms with E-state index >= 15 is 0 Å². The lowest BCUT2D eigenvalue weighted by atomic mass is 10.0. The number of hydrogen-bond acceptors (Lipinski definition) is 3. The van der Waals surface area contributed by atoms with Crippen LogP contribution in [0.1, 0.15) is 11.1 Å². The lowest BCUT2D eigenvalue weighted by Crippen LogP contribution is -2.13. The molecule has 0 atom stereocenters. The molecule has 0 saturated carbocycles. The molecule has 0 aliphatic carbocycles. The van der Waals surface area contributed by atoms with Gasteiger partial charge in [0, 0.05) is 16.7 Å². The molecule has 32 heavy (non-hydrogen) atoms. The van der Waals surface area contributed by atoms with Crippen molar-refractivity contribution in [2.75, 3.05) is 0 Å². The highest BCUT2D eigenvalue weighted by Crippen LogP contribution is 2.24. The highest BCUT2D eigenvalue weighted by atomic mass is 19.1. The molecule has 4 aromatic carbocycles. The van der Waals surface area contributed by atoms with Gasteiger partial charge in [-0.2, -0.15) is 5.26 Å². The van der Waals surface area contributed by atoms with E-state index in [2.05, 4.69) is 5.16 Å². The Kier molecular flexibility index (Phi) is 7.29. The lowest BCUT2D eigenvalue weighted by molar-refractivity contribution is 0.318. The fraction of sp³-hybridized carbons (Fsp3) is 0. The van der Waals surface area contributed by atoms with Crippen molar-refractivity contribution in [1.29, 1.82) is 5.26 Å². The predicted molar refractivity (Wildman–Crippen MR) is 121 cm³/mol. The summed E-state index contributed by atoms with van der Waals surface area (Å²) in [5.74, 6) is -0.871. The minimum Gasteiger partial charge on any atom is -0.409 e. The molecule has 0 bridgehead atoms. The second kappa shape index (κ2) is 10.5. The van der Waals surface area contributed by atoms with Crippen LogP contribution in [0.2, 0.25) is 0 Å². The van der Waals surface area contributed by atoms with E-state index < -0.39 is 5.82 Å². The maximum Gasteiger partial charge on any atom is 0.170 e. The van der Waals surface area contributed by atoms with Crippen LogP contribution in [0.5, 0.6) is 0 Å². The number of rotatable bonds is 3. The zero-order valence-electron chi connectivity index (χ0n) is 16.9. The van der Waals surface area contributed by atoms with E-state index in [9.17, 15) is 8.78 Å². The Labute approximate surface area is 184 Å². The van der Waals surface area contributed by atoms with Crippen molar-refractivity contribution in [2.24, 2.45) is 10.9 Å². The summed E-state index contributed by atoms with van der Waals surface area (Å²) in [4.78, 5) is 0. The Bertz CT molecular complexity index is 1270. The third-order valence-corrected chi connectivity index (χ3v) is 4.64. The first-order valence-electron chi connectivity index (χ1n) is 9.61. The number of amidine groups is 1. The van der Waals surface area contributed by atoms with Gasteiger partial charge in [0.1, 0.15) is 11.6 Å². The molecular weight excluding hydrogens is 408 g/mol. The smallest absolute Gasteiger partial charge is 0.170 e. The molecule has 4 aromatic rings. The normalized spacial score (nSPS) is 10.6. The molecule has 0 aliphatic heterocycles. The molecule has 0 unspecified atom stereocenters.